The molecule has 0 bridgehead atoms. The molecule has 1 atom stereocenters. The van der Waals surface area contributed by atoms with E-state index in [0.717, 1.165) is 11.3 Å². The summed E-state index contributed by atoms with van der Waals surface area (Å²) in [5.74, 6) is 0.813. The molecule has 1 fully saturated rings. The minimum Gasteiger partial charge on any atom is -0.497 e. The lowest BCUT2D eigenvalue weighted by atomic mass is 9.99. The van der Waals surface area contributed by atoms with E-state index in [1.165, 1.54) is 23.5 Å². The molecule has 3 rings (SSSR count). The van der Waals surface area contributed by atoms with Crippen molar-refractivity contribution < 1.29 is 22.7 Å². The molecule has 0 radical (unpaired) electrons. The van der Waals surface area contributed by atoms with Gasteiger partial charge in [0, 0.05) is 19.6 Å². The molecule has 7 nitrogen and oxygen atoms in total. The van der Waals surface area contributed by atoms with Gasteiger partial charge in [-0.3, -0.25) is 4.79 Å². The van der Waals surface area contributed by atoms with Gasteiger partial charge in [0.1, 0.15) is 11.5 Å². The van der Waals surface area contributed by atoms with Gasteiger partial charge in [0.15, 0.2) is 0 Å². The van der Waals surface area contributed by atoms with E-state index in [9.17, 15) is 13.2 Å². The zero-order chi connectivity index (χ0) is 20.9. The molecule has 0 aliphatic carbocycles. The van der Waals surface area contributed by atoms with Crippen molar-refractivity contribution in [3.8, 4) is 11.5 Å². The minimum absolute atomic E-state index is 0.137. The standard InChI is InChI=1S/C21H26N2O5S/c1-27-18-8-10-20(11-9-18)29(25,26)23-12-4-6-17(15-23)21(24)22-14-16-5-3-7-19(13-16)28-2/h3,5,7-11,13,17H,4,6,12,14-15H2,1-2H3,(H,22,24)/t17-/m1/s1. The van der Waals surface area contributed by atoms with Crippen LogP contribution >= 0.6 is 0 Å². The summed E-state index contributed by atoms with van der Waals surface area (Å²) in [7, 11) is -0.523. The van der Waals surface area contributed by atoms with Crippen molar-refractivity contribution in [2.24, 2.45) is 5.92 Å². The van der Waals surface area contributed by atoms with E-state index in [2.05, 4.69) is 5.32 Å². The normalized spacial score (nSPS) is 17.5. The van der Waals surface area contributed by atoms with Crippen LogP contribution in [0.2, 0.25) is 0 Å². The number of nitrogens with one attached hydrogen (secondary N) is 1. The van der Waals surface area contributed by atoms with E-state index in [-0.39, 0.29) is 23.3 Å². The monoisotopic (exact) mass is 418 g/mol. The first-order valence-electron chi connectivity index (χ1n) is 9.49. The molecule has 2 aromatic carbocycles. The number of nitrogens with zero attached hydrogens (tertiary/aromatic N) is 1. The Balaban J connectivity index is 1.63. The Bertz CT molecular complexity index is 944. The number of rotatable bonds is 7. The Kier molecular flexibility index (Phi) is 6.76. The Morgan fingerprint density at radius 3 is 2.52 bits per heavy atom. The first kappa shape index (κ1) is 21.1. The maximum Gasteiger partial charge on any atom is 0.243 e. The number of methoxy groups -OCH3 is 2. The fraction of sp³-hybridized carbons (Fsp3) is 0.381. The molecule has 8 heteroatoms. The number of piperidine rings is 1. The third kappa shape index (κ3) is 5.07. The molecule has 0 unspecified atom stereocenters. The van der Waals surface area contributed by atoms with Gasteiger partial charge in [0.2, 0.25) is 15.9 Å². The number of hydrogen-bond donors (Lipinski definition) is 1. The Morgan fingerprint density at radius 2 is 1.83 bits per heavy atom. The molecule has 1 aliphatic rings. The van der Waals surface area contributed by atoms with Crippen LogP contribution in [0.3, 0.4) is 0 Å². The third-order valence-corrected chi connectivity index (χ3v) is 6.93. The van der Waals surface area contributed by atoms with Crippen molar-refractivity contribution in [2.45, 2.75) is 24.3 Å². The lowest BCUT2D eigenvalue weighted by Crippen LogP contribution is -2.45. The molecule has 1 heterocycles. The number of amides is 1. The first-order valence-corrected chi connectivity index (χ1v) is 10.9. The second-order valence-corrected chi connectivity index (χ2v) is 8.89. The van der Waals surface area contributed by atoms with Gasteiger partial charge >= 0.3 is 0 Å². The number of carbonyl (C=O) groups is 1. The van der Waals surface area contributed by atoms with Crippen LogP contribution in [-0.4, -0.2) is 45.9 Å². The predicted octanol–water partition coefficient (Wildman–Crippen LogP) is 2.42. The average molecular weight is 419 g/mol. The molecule has 0 spiro atoms. The summed E-state index contributed by atoms with van der Waals surface area (Å²) >= 11 is 0. The molecule has 156 valence electrons. The average Bonchev–Trinajstić information content (AvgIpc) is 2.77. The van der Waals surface area contributed by atoms with E-state index in [4.69, 9.17) is 9.47 Å². The largest absolute Gasteiger partial charge is 0.497 e. The summed E-state index contributed by atoms with van der Waals surface area (Å²) in [4.78, 5) is 12.8. The number of sulfonamides is 1. The van der Waals surface area contributed by atoms with Crippen LogP contribution in [0.25, 0.3) is 0 Å². The molecule has 1 amide bonds. The summed E-state index contributed by atoms with van der Waals surface area (Å²) in [5, 5.41) is 2.91. The van der Waals surface area contributed by atoms with E-state index in [0.29, 0.717) is 31.7 Å². The van der Waals surface area contributed by atoms with Crippen molar-refractivity contribution >= 4 is 15.9 Å². The molecular formula is C21H26N2O5S. The van der Waals surface area contributed by atoms with Crippen molar-refractivity contribution in [2.75, 3.05) is 27.3 Å². The Morgan fingerprint density at radius 1 is 1.10 bits per heavy atom. The van der Waals surface area contributed by atoms with Crippen molar-refractivity contribution in [3.63, 3.8) is 0 Å². The van der Waals surface area contributed by atoms with E-state index in [1.807, 2.05) is 24.3 Å². The summed E-state index contributed by atoms with van der Waals surface area (Å²) in [6, 6.07) is 13.8. The van der Waals surface area contributed by atoms with Crippen LogP contribution in [0, 0.1) is 5.92 Å². The minimum atomic E-state index is -3.65. The number of hydrogen-bond acceptors (Lipinski definition) is 5. The molecule has 1 saturated heterocycles. The summed E-state index contributed by atoms with van der Waals surface area (Å²) in [5.41, 5.74) is 0.927. The van der Waals surface area contributed by atoms with E-state index >= 15 is 0 Å². The lowest BCUT2D eigenvalue weighted by molar-refractivity contribution is -0.126. The number of ether oxygens (including phenoxy) is 2. The fourth-order valence-corrected chi connectivity index (χ4v) is 4.91. The molecule has 1 aliphatic heterocycles. The molecule has 1 N–H and O–H groups in total. The highest BCUT2D eigenvalue weighted by atomic mass is 32.2. The summed E-state index contributed by atoms with van der Waals surface area (Å²) in [6.07, 6.45) is 1.31. The highest BCUT2D eigenvalue weighted by molar-refractivity contribution is 7.89. The lowest BCUT2D eigenvalue weighted by Gasteiger charge is -2.31. The first-order chi connectivity index (χ1) is 13.9. The van der Waals surface area contributed by atoms with Gasteiger partial charge in [-0.1, -0.05) is 12.1 Å². The summed E-state index contributed by atoms with van der Waals surface area (Å²) < 4.78 is 37.6. The molecule has 0 saturated carbocycles. The SMILES string of the molecule is COc1ccc(S(=O)(=O)N2CCC[C@@H](C(=O)NCc3cccc(OC)c3)C2)cc1. The smallest absolute Gasteiger partial charge is 0.243 e. The number of carbonyl (C=O) groups excluding carboxylic acids is 1. The van der Waals surface area contributed by atoms with Crippen molar-refractivity contribution in [3.05, 3.63) is 54.1 Å². The van der Waals surface area contributed by atoms with Crippen LogP contribution in [0.5, 0.6) is 11.5 Å². The highest BCUT2D eigenvalue weighted by Crippen LogP contribution is 2.25. The molecular weight excluding hydrogens is 392 g/mol. The summed E-state index contributed by atoms with van der Waals surface area (Å²) in [6.45, 7) is 0.962. The van der Waals surface area contributed by atoms with Gasteiger partial charge in [-0.2, -0.15) is 4.31 Å². The molecule has 2 aromatic rings. The van der Waals surface area contributed by atoms with E-state index in [1.54, 1.807) is 19.2 Å². The van der Waals surface area contributed by atoms with Gasteiger partial charge in [-0.15, -0.1) is 0 Å². The van der Waals surface area contributed by atoms with Crippen molar-refractivity contribution in [1.82, 2.24) is 9.62 Å². The Labute approximate surface area is 171 Å². The van der Waals surface area contributed by atoms with Crippen LogP contribution in [0.4, 0.5) is 0 Å². The molecule has 0 aromatic heterocycles. The van der Waals surface area contributed by atoms with Crippen LogP contribution < -0.4 is 14.8 Å². The molecule has 29 heavy (non-hydrogen) atoms. The van der Waals surface area contributed by atoms with Gasteiger partial charge in [0.05, 0.1) is 25.0 Å². The van der Waals surface area contributed by atoms with Crippen LogP contribution in [0.15, 0.2) is 53.4 Å². The zero-order valence-electron chi connectivity index (χ0n) is 16.6. The van der Waals surface area contributed by atoms with Crippen molar-refractivity contribution in [1.29, 1.82) is 0 Å². The van der Waals surface area contributed by atoms with Gasteiger partial charge in [-0.25, -0.2) is 8.42 Å². The second-order valence-electron chi connectivity index (χ2n) is 6.95. The van der Waals surface area contributed by atoms with Crippen LogP contribution in [-0.2, 0) is 21.4 Å². The maximum absolute atomic E-state index is 12.9. The van der Waals surface area contributed by atoms with E-state index < -0.39 is 10.0 Å². The van der Waals surface area contributed by atoms with Gasteiger partial charge in [0.25, 0.3) is 0 Å². The highest BCUT2D eigenvalue weighted by Gasteiger charge is 2.33. The van der Waals surface area contributed by atoms with Gasteiger partial charge in [-0.05, 0) is 54.8 Å². The fourth-order valence-electron chi connectivity index (χ4n) is 3.39. The third-order valence-electron chi connectivity index (χ3n) is 5.05. The maximum atomic E-state index is 12.9. The topological polar surface area (TPSA) is 84.9 Å². The predicted molar refractivity (Wildman–Crippen MR) is 109 cm³/mol. The quantitative estimate of drug-likeness (QED) is 0.747. The Hall–Kier alpha value is -2.58. The van der Waals surface area contributed by atoms with Gasteiger partial charge < -0.3 is 14.8 Å². The number of benzene rings is 2. The second kappa shape index (κ2) is 9.28. The van der Waals surface area contributed by atoms with Crippen LogP contribution in [0.1, 0.15) is 18.4 Å². The zero-order valence-corrected chi connectivity index (χ0v) is 17.4.